The van der Waals surface area contributed by atoms with Crippen LogP contribution >= 0.6 is 0 Å². The summed E-state index contributed by atoms with van der Waals surface area (Å²) in [6, 6.07) is 13.2. The van der Waals surface area contributed by atoms with E-state index in [2.05, 4.69) is 9.97 Å². The second-order valence-electron chi connectivity index (χ2n) is 5.67. The zero-order chi connectivity index (χ0) is 19.6. The minimum Gasteiger partial charge on any atom is -0.439 e. The Labute approximate surface area is 151 Å². The van der Waals surface area contributed by atoms with Gasteiger partial charge in [0.15, 0.2) is 0 Å². The number of nitrogens with one attached hydrogen (secondary N) is 1. The maximum atomic E-state index is 12.7. The number of aryl methyl sites for hydroxylation is 1. The van der Waals surface area contributed by atoms with Gasteiger partial charge in [0.05, 0.1) is 0 Å². The maximum absolute atomic E-state index is 12.7. The first-order valence-corrected chi connectivity index (χ1v) is 7.74. The Morgan fingerprint density at radius 2 is 1.85 bits per heavy atom. The van der Waals surface area contributed by atoms with E-state index in [0.29, 0.717) is 16.8 Å². The summed E-state index contributed by atoms with van der Waals surface area (Å²) < 4.78 is 43.5. The number of H-pyrrole nitrogens is 1. The first-order valence-electron chi connectivity index (χ1n) is 7.74. The predicted molar refractivity (Wildman–Crippen MR) is 91.3 cm³/mol. The van der Waals surface area contributed by atoms with Crippen molar-refractivity contribution in [1.82, 2.24) is 9.97 Å². The largest absolute Gasteiger partial charge is 0.439 e. The van der Waals surface area contributed by atoms with Crippen molar-refractivity contribution < 1.29 is 17.9 Å². The lowest BCUT2D eigenvalue weighted by molar-refractivity contribution is -0.141. The van der Waals surface area contributed by atoms with Gasteiger partial charge in [0.1, 0.15) is 23.1 Å². The minimum atomic E-state index is -4.56. The molecule has 5 nitrogen and oxygen atoms in total. The molecular formula is C19H12F3N3O2. The minimum absolute atomic E-state index is 0.0196. The highest BCUT2D eigenvalue weighted by Gasteiger charge is 2.32. The summed E-state index contributed by atoms with van der Waals surface area (Å²) >= 11 is 0. The highest BCUT2D eigenvalue weighted by atomic mass is 19.4. The average molecular weight is 371 g/mol. The van der Waals surface area contributed by atoms with Crippen LogP contribution in [0, 0.1) is 18.3 Å². The van der Waals surface area contributed by atoms with Crippen molar-refractivity contribution >= 4 is 0 Å². The van der Waals surface area contributed by atoms with Gasteiger partial charge < -0.3 is 9.72 Å². The second kappa shape index (κ2) is 6.96. The van der Waals surface area contributed by atoms with Crippen LogP contribution in [0.1, 0.15) is 17.0 Å². The zero-order valence-corrected chi connectivity index (χ0v) is 14.0. The molecule has 0 radical (unpaired) electrons. The van der Waals surface area contributed by atoms with Gasteiger partial charge in [-0.25, -0.2) is 4.98 Å². The summed E-state index contributed by atoms with van der Waals surface area (Å²) in [6.45, 7) is 1.70. The molecule has 8 heteroatoms. The molecule has 0 unspecified atom stereocenters. The third-order valence-corrected chi connectivity index (χ3v) is 3.68. The van der Waals surface area contributed by atoms with Gasteiger partial charge in [-0.3, -0.25) is 4.79 Å². The van der Waals surface area contributed by atoms with Gasteiger partial charge in [0.25, 0.3) is 5.56 Å². The summed E-state index contributed by atoms with van der Waals surface area (Å²) in [7, 11) is 0. The number of pyridine rings is 2. The van der Waals surface area contributed by atoms with Crippen molar-refractivity contribution in [1.29, 1.82) is 5.26 Å². The number of aromatic nitrogens is 2. The third-order valence-electron chi connectivity index (χ3n) is 3.68. The Bertz CT molecular complexity index is 1080. The Hall–Kier alpha value is -3.60. The fourth-order valence-corrected chi connectivity index (χ4v) is 2.48. The quantitative estimate of drug-likeness (QED) is 0.739. The van der Waals surface area contributed by atoms with Gasteiger partial charge in [-0.05, 0) is 36.8 Å². The van der Waals surface area contributed by atoms with E-state index >= 15 is 0 Å². The van der Waals surface area contributed by atoms with E-state index in [0.717, 1.165) is 6.07 Å². The predicted octanol–water partition coefficient (Wildman–Crippen LogP) is 4.43. The van der Waals surface area contributed by atoms with E-state index in [-0.39, 0.29) is 17.2 Å². The van der Waals surface area contributed by atoms with Crippen LogP contribution in [0.5, 0.6) is 11.6 Å². The normalized spacial score (nSPS) is 11.1. The van der Waals surface area contributed by atoms with Gasteiger partial charge >= 0.3 is 6.18 Å². The smallest absolute Gasteiger partial charge is 0.433 e. The summed E-state index contributed by atoms with van der Waals surface area (Å²) in [5.41, 5.74) is 0.110. The van der Waals surface area contributed by atoms with E-state index < -0.39 is 17.4 Å². The van der Waals surface area contributed by atoms with Crippen LogP contribution in [0.15, 0.2) is 53.3 Å². The number of alkyl halides is 3. The molecule has 2 aromatic heterocycles. The van der Waals surface area contributed by atoms with Crippen LogP contribution in [-0.2, 0) is 6.18 Å². The molecule has 2 heterocycles. The lowest BCUT2D eigenvalue weighted by Crippen LogP contribution is -2.12. The van der Waals surface area contributed by atoms with Crippen molar-refractivity contribution in [3.63, 3.8) is 0 Å². The number of hydrogen-bond donors (Lipinski definition) is 1. The first-order chi connectivity index (χ1) is 12.8. The number of halogens is 3. The second-order valence-corrected chi connectivity index (χ2v) is 5.67. The van der Waals surface area contributed by atoms with Crippen molar-refractivity contribution in [2.45, 2.75) is 13.1 Å². The van der Waals surface area contributed by atoms with Crippen molar-refractivity contribution in [3.8, 4) is 28.8 Å². The summed E-state index contributed by atoms with van der Waals surface area (Å²) in [6.07, 6.45) is -4.56. The highest BCUT2D eigenvalue weighted by Crippen LogP contribution is 2.30. The van der Waals surface area contributed by atoms with Gasteiger partial charge in [-0.2, -0.15) is 18.4 Å². The standard InChI is InChI=1S/C19H12F3N3O2/c1-11-9-14(15(10-23)18(26)24-11)12-5-7-13(8-6-12)27-17-4-2-3-16(25-17)19(20,21)22/h2-9H,1H3,(H,24,26). The Morgan fingerprint density at radius 3 is 2.48 bits per heavy atom. The van der Waals surface area contributed by atoms with Crippen molar-refractivity contribution in [2.75, 3.05) is 0 Å². The number of benzene rings is 1. The Kier molecular flexibility index (Phi) is 4.69. The molecule has 136 valence electrons. The van der Waals surface area contributed by atoms with E-state index in [9.17, 15) is 23.2 Å². The number of ether oxygens (including phenoxy) is 1. The molecule has 0 saturated heterocycles. The molecule has 0 aliphatic rings. The lowest BCUT2D eigenvalue weighted by atomic mass is 10.0. The molecule has 3 rings (SSSR count). The van der Waals surface area contributed by atoms with Gasteiger partial charge in [-0.15, -0.1) is 0 Å². The molecule has 0 aliphatic heterocycles. The summed E-state index contributed by atoms with van der Waals surface area (Å²) in [5, 5.41) is 9.20. The number of nitrogens with zero attached hydrogens (tertiary/aromatic N) is 2. The van der Waals surface area contributed by atoms with Crippen molar-refractivity contribution in [3.05, 3.63) is 75.8 Å². The number of nitriles is 1. The molecule has 0 spiro atoms. The molecule has 27 heavy (non-hydrogen) atoms. The Morgan fingerprint density at radius 1 is 1.15 bits per heavy atom. The van der Waals surface area contributed by atoms with E-state index in [1.54, 1.807) is 25.1 Å². The fourth-order valence-electron chi connectivity index (χ4n) is 2.48. The lowest BCUT2D eigenvalue weighted by Gasteiger charge is -2.10. The topological polar surface area (TPSA) is 78.8 Å². The SMILES string of the molecule is Cc1cc(-c2ccc(Oc3cccc(C(F)(F)F)n3)cc2)c(C#N)c(=O)[nH]1. The molecule has 0 atom stereocenters. The summed E-state index contributed by atoms with van der Waals surface area (Å²) in [4.78, 5) is 17.9. The molecule has 1 N–H and O–H groups in total. The fraction of sp³-hybridized carbons (Fsp3) is 0.105. The molecule has 3 aromatic rings. The number of rotatable bonds is 3. The number of aromatic amines is 1. The molecule has 0 fully saturated rings. The van der Waals surface area contributed by atoms with Crippen LogP contribution in [0.25, 0.3) is 11.1 Å². The van der Waals surface area contributed by atoms with E-state index in [4.69, 9.17) is 4.74 Å². The van der Waals surface area contributed by atoms with Crippen molar-refractivity contribution in [2.24, 2.45) is 0 Å². The molecule has 0 aliphatic carbocycles. The zero-order valence-electron chi connectivity index (χ0n) is 14.0. The third kappa shape index (κ3) is 3.98. The van der Waals surface area contributed by atoms with E-state index in [1.807, 2.05) is 6.07 Å². The average Bonchev–Trinajstić information content (AvgIpc) is 2.61. The molecule has 0 saturated carbocycles. The number of hydrogen-bond acceptors (Lipinski definition) is 4. The van der Waals surface area contributed by atoms with Crippen LogP contribution in [-0.4, -0.2) is 9.97 Å². The summed E-state index contributed by atoms with van der Waals surface area (Å²) in [5.74, 6) is 0.0768. The van der Waals surface area contributed by atoms with Gasteiger partial charge in [0.2, 0.25) is 5.88 Å². The van der Waals surface area contributed by atoms with Gasteiger partial charge in [-0.1, -0.05) is 18.2 Å². The van der Waals surface area contributed by atoms with Crippen LogP contribution in [0.2, 0.25) is 0 Å². The Balaban J connectivity index is 1.90. The first kappa shape index (κ1) is 18.2. The molecular weight excluding hydrogens is 359 g/mol. The molecule has 0 amide bonds. The van der Waals surface area contributed by atoms with Crippen LogP contribution in [0.4, 0.5) is 13.2 Å². The highest BCUT2D eigenvalue weighted by molar-refractivity contribution is 5.70. The van der Waals surface area contributed by atoms with Crippen LogP contribution < -0.4 is 10.3 Å². The molecule has 1 aromatic carbocycles. The van der Waals surface area contributed by atoms with Gasteiger partial charge in [0, 0.05) is 17.3 Å². The molecule has 0 bridgehead atoms. The van der Waals surface area contributed by atoms with E-state index in [1.165, 1.54) is 24.3 Å². The monoisotopic (exact) mass is 371 g/mol. The maximum Gasteiger partial charge on any atom is 0.433 e. The van der Waals surface area contributed by atoms with Crippen LogP contribution in [0.3, 0.4) is 0 Å².